The number of benzene rings is 1. The van der Waals surface area contributed by atoms with Crippen LogP contribution < -0.4 is 9.79 Å². The predicted molar refractivity (Wildman–Crippen MR) is 56.0 cm³/mol. The van der Waals surface area contributed by atoms with Gasteiger partial charge in [-0.05, 0) is 37.7 Å². The van der Waals surface area contributed by atoms with Gasteiger partial charge >= 0.3 is 0 Å². The van der Waals surface area contributed by atoms with Crippen LogP contribution in [0.2, 0.25) is 0 Å². The molecule has 0 fully saturated rings. The highest BCUT2D eigenvalue weighted by atomic mass is 16.3. The number of hydrogen-bond acceptors (Lipinski definition) is 3. The molecule has 84 valence electrons. The maximum absolute atomic E-state index is 11.7. The fourth-order valence-electron chi connectivity index (χ4n) is 1.28. The highest BCUT2D eigenvalue weighted by molar-refractivity contribution is 5.21. The molecule has 0 unspecified atom stereocenters. The van der Waals surface area contributed by atoms with Crippen LogP contribution in [-0.4, -0.2) is 15.1 Å². The molecule has 0 aliphatic rings. The Labute approximate surface area is 93.9 Å². The van der Waals surface area contributed by atoms with Gasteiger partial charge in [0.05, 0.1) is 10.3 Å². The molecular formula is C11H14N4O. The van der Waals surface area contributed by atoms with Gasteiger partial charge in [0.2, 0.25) is 0 Å². The minimum absolute atomic E-state index is 0.292. The molecular weight excluding hydrogens is 204 g/mol. The summed E-state index contributed by atoms with van der Waals surface area (Å²) in [4.78, 5) is 1.43. The second-order valence-corrected chi connectivity index (χ2v) is 4.58. The van der Waals surface area contributed by atoms with Crippen LogP contribution in [0.3, 0.4) is 0 Å². The van der Waals surface area contributed by atoms with E-state index < -0.39 is 0 Å². The van der Waals surface area contributed by atoms with E-state index in [0.717, 1.165) is 5.69 Å². The van der Waals surface area contributed by atoms with Gasteiger partial charge in [0.15, 0.2) is 0 Å². The van der Waals surface area contributed by atoms with Crippen LogP contribution in [0.15, 0.2) is 30.3 Å². The third kappa shape index (κ3) is 1.88. The van der Waals surface area contributed by atoms with Crippen molar-refractivity contribution in [3.8, 4) is 11.7 Å². The van der Waals surface area contributed by atoms with Crippen molar-refractivity contribution in [2.75, 3.05) is 0 Å². The Hall–Kier alpha value is -1.91. The Kier molecular flexibility index (Phi) is 2.38. The van der Waals surface area contributed by atoms with Crippen LogP contribution in [0.1, 0.15) is 20.8 Å². The average molecular weight is 218 g/mol. The molecule has 0 N–H and O–H groups in total. The van der Waals surface area contributed by atoms with Gasteiger partial charge in [-0.15, -0.1) is 4.68 Å². The van der Waals surface area contributed by atoms with E-state index in [1.165, 1.54) is 9.48 Å². The van der Waals surface area contributed by atoms with E-state index in [1.807, 2.05) is 51.1 Å². The molecule has 0 bridgehead atoms. The van der Waals surface area contributed by atoms with Crippen molar-refractivity contribution < 1.29 is 9.79 Å². The Morgan fingerprint density at radius 1 is 1.19 bits per heavy atom. The molecule has 1 aromatic carbocycles. The summed E-state index contributed by atoms with van der Waals surface area (Å²) in [5, 5.41) is 19.7. The van der Waals surface area contributed by atoms with Crippen molar-refractivity contribution in [1.29, 1.82) is 0 Å². The molecule has 0 aliphatic carbocycles. The summed E-state index contributed by atoms with van der Waals surface area (Å²) in [5.41, 5.74) is 0.433. The van der Waals surface area contributed by atoms with E-state index in [4.69, 9.17) is 0 Å². The smallest absolute Gasteiger partial charge is 0.272 e. The number of rotatable bonds is 1. The van der Waals surface area contributed by atoms with Crippen LogP contribution in [0.4, 0.5) is 0 Å². The lowest BCUT2D eigenvalue weighted by atomic mass is 10.1. The Balaban J connectivity index is 2.48. The summed E-state index contributed by atoms with van der Waals surface area (Å²) < 4.78 is 1.30. The lowest BCUT2D eigenvalue weighted by molar-refractivity contribution is -0.705. The van der Waals surface area contributed by atoms with Crippen molar-refractivity contribution in [3.63, 3.8) is 0 Å². The van der Waals surface area contributed by atoms with Crippen LogP contribution in [-0.2, 0) is 5.54 Å². The number of hydrogen-bond donors (Lipinski definition) is 0. The van der Waals surface area contributed by atoms with Crippen molar-refractivity contribution in [1.82, 2.24) is 15.1 Å². The van der Waals surface area contributed by atoms with Gasteiger partial charge in [-0.25, -0.2) is 0 Å². The van der Waals surface area contributed by atoms with Gasteiger partial charge < -0.3 is 5.11 Å². The molecule has 0 atom stereocenters. The van der Waals surface area contributed by atoms with Crippen molar-refractivity contribution >= 4 is 0 Å². The number of para-hydroxylation sites is 1. The Bertz CT molecular complexity index is 484. The highest BCUT2D eigenvalue weighted by Crippen LogP contribution is 2.10. The zero-order valence-electron chi connectivity index (χ0n) is 9.58. The molecule has 1 heterocycles. The molecule has 0 radical (unpaired) electrons. The van der Waals surface area contributed by atoms with E-state index >= 15 is 0 Å². The fraction of sp³-hybridized carbons (Fsp3) is 0.364. The molecule has 0 aliphatic heterocycles. The molecule has 5 heteroatoms. The monoisotopic (exact) mass is 218 g/mol. The average Bonchev–Trinajstić information content (AvgIpc) is 2.61. The maximum Gasteiger partial charge on any atom is 0.272 e. The van der Waals surface area contributed by atoms with Crippen LogP contribution in [0.25, 0.3) is 5.69 Å². The molecule has 0 amide bonds. The molecule has 0 saturated heterocycles. The largest absolute Gasteiger partial charge is 0.816 e. The molecule has 16 heavy (non-hydrogen) atoms. The van der Waals surface area contributed by atoms with Gasteiger partial charge in [0.1, 0.15) is 11.2 Å². The van der Waals surface area contributed by atoms with E-state index in [1.54, 1.807) is 0 Å². The first-order valence-electron chi connectivity index (χ1n) is 5.11. The summed E-state index contributed by atoms with van der Waals surface area (Å²) in [6, 6.07) is 8.89. The molecule has 1 aromatic heterocycles. The molecule has 0 saturated carbocycles. The van der Waals surface area contributed by atoms with E-state index in [2.05, 4.69) is 10.3 Å². The van der Waals surface area contributed by atoms with Crippen LogP contribution in [0.5, 0.6) is 6.01 Å². The highest BCUT2D eigenvalue weighted by Gasteiger charge is 2.25. The van der Waals surface area contributed by atoms with Crippen molar-refractivity contribution in [2.45, 2.75) is 26.3 Å². The quantitative estimate of drug-likeness (QED) is 0.650. The first-order valence-corrected chi connectivity index (χ1v) is 5.11. The van der Waals surface area contributed by atoms with E-state index in [9.17, 15) is 5.11 Å². The van der Waals surface area contributed by atoms with E-state index in [-0.39, 0.29) is 11.5 Å². The first-order chi connectivity index (χ1) is 7.48. The number of tetrazole rings is 1. The topological polar surface area (TPSA) is 57.6 Å². The minimum atomic E-state index is -0.360. The van der Waals surface area contributed by atoms with Crippen molar-refractivity contribution in [3.05, 3.63) is 30.3 Å². The molecule has 0 spiro atoms. The number of nitrogens with zero attached hydrogens (tertiary/aromatic N) is 4. The first kappa shape index (κ1) is 10.6. The summed E-state index contributed by atoms with van der Waals surface area (Å²) in [7, 11) is 0. The lowest BCUT2D eigenvalue weighted by Crippen LogP contribution is -2.38. The minimum Gasteiger partial charge on any atom is -0.816 e. The lowest BCUT2D eigenvalue weighted by Gasteiger charge is -2.07. The van der Waals surface area contributed by atoms with Crippen LogP contribution >= 0.6 is 0 Å². The summed E-state index contributed by atoms with van der Waals surface area (Å²) >= 11 is 0. The fourth-order valence-corrected chi connectivity index (χ4v) is 1.28. The van der Waals surface area contributed by atoms with E-state index in [0.29, 0.717) is 0 Å². The van der Waals surface area contributed by atoms with Gasteiger partial charge in [-0.3, -0.25) is 0 Å². The maximum atomic E-state index is 11.7. The molecule has 5 nitrogen and oxygen atoms in total. The molecule has 2 rings (SSSR count). The second kappa shape index (κ2) is 3.59. The SMILES string of the molecule is CC(C)(C)n1nc([O-])[n+](-c2ccccc2)n1. The van der Waals surface area contributed by atoms with Crippen LogP contribution in [0, 0.1) is 0 Å². The third-order valence-electron chi connectivity index (χ3n) is 2.14. The Morgan fingerprint density at radius 2 is 1.81 bits per heavy atom. The number of aromatic nitrogens is 4. The Morgan fingerprint density at radius 3 is 2.31 bits per heavy atom. The van der Waals surface area contributed by atoms with Gasteiger partial charge in [-0.2, -0.15) is 0 Å². The summed E-state index contributed by atoms with van der Waals surface area (Å²) in [6.07, 6.45) is 0. The predicted octanol–water partition coefficient (Wildman–Crippen LogP) is 0.383. The normalized spacial score (nSPS) is 11.7. The summed E-state index contributed by atoms with van der Waals surface area (Å²) in [6.45, 7) is 5.84. The third-order valence-corrected chi connectivity index (χ3v) is 2.14. The zero-order valence-corrected chi connectivity index (χ0v) is 9.58. The van der Waals surface area contributed by atoms with Gasteiger partial charge in [0.25, 0.3) is 6.01 Å². The van der Waals surface area contributed by atoms with Crippen molar-refractivity contribution in [2.24, 2.45) is 0 Å². The second-order valence-electron chi connectivity index (χ2n) is 4.58. The zero-order chi connectivity index (χ0) is 11.8. The van der Waals surface area contributed by atoms with Gasteiger partial charge in [-0.1, -0.05) is 18.2 Å². The summed E-state index contributed by atoms with van der Waals surface area (Å²) in [5.74, 6) is 0. The molecule has 2 aromatic rings. The van der Waals surface area contributed by atoms with Gasteiger partial charge in [0, 0.05) is 0 Å². The standard InChI is InChI=1S/C11H14N4O/c1-11(2,3)15-12-10(16)14(13-15)9-7-5-4-6-8-9/h4-8H,1-3H3.